The lowest BCUT2D eigenvalue weighted by molar-refractivity contribution is -0.137. The van der Waals surface area contributed by atoms with E-state index in [2.05, 4.69) is 30.5 Å². The zero-order chi connectivity index (χ0) is 19.0. The van der Waals surface area contributed by atoms with Crippen molar-refractivity contribution in [2.75, 3.05) is 0 Å². The van der Waals surface area contributed by atoms with Crippen molar-refractivity contribution in [3.8, 4) is 5.69 Å². The Bertz CT molecular complexity index is 1050. The summed E-state index contributed by atoms with van der Waals surface area (Å²) in [4.78, 5) is 25.1. The van der Waals surface area contributed by atoms with Gasteiger partial charge in [0.2, 0.25) is 0 Å². The summed E-state index contributed by atoms with van der Waals surface area (Å²) in [6, 6.07) is 11.4. The summed E-state index contributed by atoms with van der Waals surface area (Å²) >= 11 is 3.55. The number of benzene rings is 1. The maximum atomic E-state index is 11.2. The summed E-state index contributed by atoms with van der Waals surface area (Å²) in [7, 11) is 0. The van der Waals surface area contributed by atoms with Gasteiger partial charge in [-0.25, -0.2) is 4.98 Å². The van der Waals surface area contributed by atoms with Crippen molar-refractivity contribution in [3.63, 3.8) is 0 Å². The van der Waals surface area contributed by atoms with E-state index in [1.165, 1.54) is 0 Å². The second kappa shape index (κ2) is 8.24. The molecule has 3 heterocycles. The Morgan fingerprint density at radius 2 is 2.07 bits per heavy atom. The molecule has 0 unspecified atom stereocenters. The van der Waals surface area contributed by atoms with Gasteiger partial charge in [0.1, 0.15) is 11.9 Å². The Morgan fingerprint density at radius 3 is 2.79 bits per heavy atom. The highest BCUT2D eigenvalue weighted by molar-refractivity contribution is 9.10. The second-order valence-corrected chi connectivity index (χ2v) is 7.31. The molecule has 28 heavy (non-hydrogen) atoms. The van der Waals surface area contributed by atoms with Crippen molar-refractivity contribution in [2.45, 2.75) is 25.8 Å². The molecular formula is C20H18BrClN4O2. The van der Waals surface area contributed by atoms with Gasteiger partial charge in [-0.05, 0) is 43.7 Å². The van der Waals surface area contributed by atoms with Gasteiger partial charge in [0, 0.05) is 34.5 Å². The number of imidazole rings is 1. The van der Waals surface area contributed by atoms with Crippen LogP contribution in [-0.2, 0) is 4.79 Å². The van der Waals surface area contributed by atoms with Crippen molar-refractivity contribution < 1.29 is 9.90 Å². The number of carboxylic acids is 1. The molecule has 1 aliphatic rings. The van der Waals surface area contributed by atoms with Crippen molar-refractivity contribution in [3.05, 3.63) is 76.0 Å². The van der Waals surface area contributed by atoms with E-state index in [1.54, 1.807) is 12.4 Å². The van der Waals surface area contributed by atoms with E-state index in [0.717, 1.165) is 38.6 Å². The summed E-state index contributed by atoms with van der Waals surface area (Å²) in [5.74, 6) is -0.0906. The van der Waals surface area contributed by atoms with Crippen LogP contribution >= 0.6 is 28.3 Å². The maximum absolute atomic E-state index is 11.2. The maximum Gasteiger partial charge on any atom is 0.303 e. The number of carboxylic acid groups (broad SMARTS) is 1. The van der Waals surface area contributed by atoms with Crippen LogP contribution in [0.15, 0.2) is 58.3 Å². The van der Waals surface area contributed by atoms with Crippen LogP contribution in [0.4, 0.5) is 0 Å². The molecule has 1 aliphatic heterocycles. The zero-order valence-electron chi connectivity index (χ0n) is 15.0. The number of halogens is 2. The van der Waals surface area contributed by atoms with Crippen molar-refractivity contribution in [1.29, 1.82) is 0 Å². The molecule has 0 spiro atoms. The first-order valence-electron chi connectivity index (χ1n) is 8.60. The molecule has 1 aromatic carbocycles. The fourth-order valence-corrected chi connectivity index (χ4v) is 3.70. The lowest BCUT2D eigenvalue weighted by Gasteiger charge is -2.14. The quantitative estimate of drug-likeness (QED) is 0.619. The van der Waals surface area contributed by atoms with Gasteiger partial charge < -0.3 is 5.11 Å². The summed E-state index contributed by atoms with van der Waals surface area (Å²) < 4.78 is 3.00. The third kappa shape index (κ3) is 3.72. The molecule has 1 N–H and O–H groups in total. The Morgan fingerprint density at radius 1 is 1.25 bits per heavy atom. The average molecular weight is 462 g/mol. The Balaban J connectivity index is 0.00000225. The van der Waals surface area contributed by atoms with Crippen LogP contribution in [0.1, 0.15) is 41.7 Å². The number of fused-ring (bicyclic) bond motifs is 3. The van der Waals surface area contributed by atoms with Crippen LogP contribution in [0.3, 0.4) is 0 Å². The number of hydrogen-bond donors (Lipinski definition) is 1. The third-order valence-corrected chi connectivity index (χ3v) is 5.04. The molecule has 4 rings (SSSR count). The largest absolute Gasteiger partial charge is 0.481 e. The molecule has 6 nitrogen and oxygen atoms in total. The van der Waals surface area contributed by atoms with E-state index in [9.17, 15) is 4.79 Å². The van der Waals surface area contributed by atoms with E-state index in [0.29, 0.717) is 6.42 Å². The molecular weight excluding hydrogens is 444 g/mol. The van der Waals surface area contributed by atoms with Crippen LogP contribution in [0.2, 0.25) is 0 Å². The summed E-state index contributed by atoms with van der Waals surface area (Å²) in [6.07, 6.45) is 3.93. The van der Waals surface area contributed by atoms with Gasteiger partial charge in [-0.3, -0.25) is 19.3 Å². The van der Waals surface area contributed by atoms with Gasteiger partial charge in [0.05, 0.1) is 17.1 Å². The minimum Gasteiger partial charge on any atom is -0.481 e. The number of nitrogens with zero attached hydrogens (tertiary/aromatic N) is 4. The molecule has 144 valence electrons. The number of aromatic nitrogens is 3. The molecule has 0 bridgehead atoms. The van der Waals surface area contributed by atoms with Crippen molar-refractivity contribution in [2.24, 2.45) is 4.99 Å². The van der Waals surface area contributed by atoms with E-state index >= 15 is 0 Å². The lowest BCUT2D eigenvalue weighted by Crippen LogP contribution is -2.09. The number of pyridine rings is 1. The lowest BCUT2D eigenvalue weighted by atomic mass is 10.0. The standard InChI is InChI=1S/C20H17BrN4O2.ClH/c1-12-11-23-20-16(6-8-18(26)27)24-19(15-4-2-3-9-22-15)14-10-13(21)5-7-17(14)25(12)20;/h2-5,7,9-11,16H,6,8H2,1H3,(H,26,27);1H/t16-;/m0./s1. The summed E-state index contributed by atoms with van der Waals surface area (Å²) in [5, 5.41) is 9.17. The number of aliphatic imine (C=N–C) groups is 1. The van der Waals surface area contributed by atoms with Crippen LogP contribution in [0.25, 0.3) is 5.69 Å². The normalized spacial score (nSPS) is 14.9. The predicted molar refractivity (Wildman–Crippen MR) is 113 cm³/mol. The first-order valence-corrected chi connectivity index (χ1v) is 9.39. The molecule has 0 saturated heterocycles. The van der Waals surface area contributed by atoms with Crippen molar-refractivity contribution in [1.82, 2.24) is 14.5 Å². The number of aliphatic carboxylic acids is 1. The topological polar surface area (TPSA) is 80.4 Å². The second-order valence-electron chi connectivity index (χ2n) is 6.40. The first-order chi connectivity index (χ1) is 13.0. The fraction of sp³-hybridized carbons (Fsp3) is 0.200. The monoisotopic (exact) mass is 460 g/mol. The SMILES string of the molecule is Cc1cnc2n1-c1ccc(Br)cc1C(c1ccccn1)=N[C@H]2CCC(=O)O.Cl. The van der Waals surface area contributed by atoms with E-state index in [4.69, 9.17) is 10.1 Å². The fourth-order valence-electron chi connectivity index (χ4n) is 3.34. The molecule has 1 atom stereocenters. The number of aryl methyl sites for hydroxylation is 1. The molecule has 2 aromatic heterocycles. The minimum absolute atomic E-state index is 0. The Kier molecular flexibility index (Phi) is 5.96. The predicted octanol–water partition coefficient (Wildman–Crippen LogP) is 4.52. The van der Waals surface area contributed by atoms with E-state index < -0.39 is 5.97 Å². The molecule has 0 aliphatic carbocycles. The molecule has 8 heteroatoms. The van der Waals surface area contributed by atoms with Crippen LogP contribution in [0, 0.1) is 6.92 Å². The highest BCUT2D eigenvalue weighted by Gasteiger charge is 2.28. The van der Waals surface area contributed by atoms with Crippen molar-refractivity contribution >= 4 is 40.0 Å². The van der Waals surface area contributed by atoms with Crippen LogP contribution in [0.5, 0.6) is 0 Å². The van der Waals surface area contributed by atoms with Crippen LogP contribution < -0.4 is 0 Å². The number of hydrogen-bond acceptors (Lipinski definition) is 4. The summed E-state index contributed by atoms with van der Waals surface area (Å²) in [5.41, 5.74) is 4.37. The van der Waals surface area contributed by atoms with Gasteiger partial charge in [-0.1, -0.05) is 22.0 Å². The van der Waals surface area contributed by atoms with Gasteiger partial charge in [-0.15, -0.1) is 12.4 Å². The molecule has 3 aromatic rings. The molecule has 0 radical (unpaired) electrons. The molecule has 0 amide bonds. The zero-order valence-corrected chi connectivity index (χ0v) is 17.4. The van der Waals surface area contributed by atoms with E-state index in [1.807, 2.05) is 43.3 Å². The highest BCUT2D eigenvalue weighted by Crippen LogP contribution is 2.34. The Labute approximate surface area is 176 Å². The number of carbonyl (C=O) groups is 1. The van der Waals surface area contributed by atoms with Gasteiger partial charge >= 0.3 is 5.97 Å². The van der Waals surface area contributed by atoms with Gasteiger partial charge in [-0.2, -0.15) is 0 Å². The van der Waals surface area contributed by atoms with E-state index in [-0.39, 0.29) is 24.9 Å². The van der Waals surface area contributed by atoms with Crippen LogP contribution in [-0.4, -0.2) is 31.3 Å². The molecule has 0 saturated carbocycles. The Hall–Kier alpha value is -2.51. The third-order valence-electron chi connectivity index (χ3n) is 4.54. The minimum atomic E-state index is -0.844. The van der Waals surface area contributed by atoms with Gasteiger partial charge in [0.25, 0.3) is 0 Å². The smallest absolute Gasteiger partial charge is 0.303 e. The highest BCUT2D eigenvalue weighted by atomic mass is 79.9. The number of rotatable bonds is 4. The first kappa shape index (κ1) is 20.2. The molecule has 0 fully saturated rings. The van der Waals surface area contributed by atoms with Gasteiger partial charge in [0.15, 0.2) is 0 Å². The summed E-state index contributed by atoms with van der Waals surface area (Å²) in [6.45, 7) is 1.99. The average Bonchev–Trinajstić information content (AvgIpc) is 2.97.